The summed E-state index contributed by atoms with van der Waals surface area (Å²) in [6.45, 7) is 5.90. The van der Waals surface area contributed by atoms with Gasteiger partial charge in [-0.1, -0.05) is 25.4 Å². The second kappa shape index (κ2) is 5.12. The van der Waals surface area contributed by atoms with Crippen molar-refractivity contribution in [2.75, 3.05) is 5.32 Å². The Hall–Kier alpha value is -1.09. The monoisotopic (exact) mass is 226 g/mol. The van der Waals surface area contributed by atoms with Crippen molar-refractivity contribution in [1.29, 1.82) is 0 Å². The number of halogens is 1. The van der Waals surface area contributed by atoms with E-state index in [0.717, 1.165) is 5.56 Å². The maximum absolute atomic E-state index is 11.5. The van der Waals surface area contributed by atoms with Crippen molar-refractivity contribution in [3.8, 4) is 0 Å². The Bertz CT molecular complexity index is 364. The molecule has 15 heavy (non-hydrogen) atoms. The average molecular weight is 227 g/mol. The normalized spacial score (nSPS) is 10.5. The van der Waals surface area contributed by atoms with Crippen molar-refractivity contribution in [1.82, 2.24) is 4.98 Å². The van der Waals surface area contributed by atoms with E-state index in [1.807, 2.05) is 26.8 Å². The first-order valence-corrected chi connectivity index (χ1v) is 5.29. The lowest BCUT2D eigenvalue weighted by Gasteiger charge is -2.08. The van der Waals surface area contributed by atoms with Crippen molar-refractivity contribution < 1.29 is 4.79 Å². The molecule has 1 heterocycles. The Morgan fingerprint density at radius 2 is 2.27 bits per heavy atom. The van der Waals surface area contributed by atoms with Crippen molar-refractivity contribution in [3.63, 3.8) is 0 Å². The lowest BCUT2D eigenvalue weighted by molar-refractivity contribution is -0.116. The van der Waals surface area contributed by atoms with Gasteiger partial charge < -0.3 is 5.32 Å². The van der Waals surface area contributed by atoms with Crippen LogP contribution in [0.3, 0.4) is 0 Å². The molecule has 3 nitrogen and oxygen atoms in total. The summed E-state index contributed by atoms with van der Waals surface area (Å²) in [5, 5.41) is 3.08. The molecule has 1 rings (SSSR count). The molecule has 0 spiro atoms. The summed E-state index contributed by atoms with van der Waals surface area (Å²) in [4.78, 5) is 15.5. The highest BCUT2D eigenvalue weighted by Crippen LogP contribution is 2.20. The van der Waals surface area contributed by atoms with Gasteiger partial charge in [-0.3, -0.25) is 4.79 Å². The van der Waals surface area contributed by atoms with Crippen molar-refractivity contribution in [2.24, 2.45) is 5.92 Å². The van der Waals surface area contributed by atoms with Gasteiger partial charge in [-0.15, -0.1) is 0 Å². The summed E-state index contributed by atoms with van der Waals surface area (Å²) in [5.41, 5.74) is 1.56. The quantitative estimate of drug-likeness (QED) is 0.805. The summed E-state index contributed by atoms with van der Waals surface area (Å²) in [6, 6.07) is 1.81. The maximum Gasteiger partial charge on any atom is 0.224 e. The molecule has 1 aromatic heterocycles. The minimum absolute atomic E-state index is 0.0284. The number of hydrogen-bond acceptors (Lipinski definition) is 2. The maximum atomic E-state index is 11.5. The Morgan fingerprint density at radius 3 is 2.87 bits per heavy atom. The number of aromatic nitrogens is 1. The summed E-state index contributed by atoms with van der Waals surface area (Å²) in [7, 11) is 0. The summed E-state index contributed by atoms with van der Waals surface area (Å²) >= 11 is 5.85. The molecule has 0 unspecified atom stereocenters. The highest BCUT2D eigenvalue weighted by Gasteiger charge is 2.08. The minimum atomic E-state index is -0.0284. The summed E-state index contributed by atoms with van der Waals surface area (Å²) < 4.78 is 0. The van der Waals surface area contributed by atoms with E-state index in [-0.39, 0.29) is 5.91 Å². The lowest BCUT2D eigenvalue weighted by Crippen LogP contribution is -2.14. The van der Waals surface area contributed by atoms with Crippen LogP contribution >= 0.6 is 11.6 Å². The molecule has 4 heteroatoms. The molecule has 0 aromatic carbocycles. The molecule has 0 radical (unpaired) electrons. The topological polar surface area (TPSA) is 42.0 Å². The van der Waals surface area contributed by atoms with Gasteiger partial charge in [0.15, 0.2) is 5.15 Å². The second-order valence-electron chi connectivity index (χ2n) is 4.00. The number of hydrogen-bond donors (Lipinski definition) is 1. The van der Waals surface area contributed by atoms with Crippen molar-refractivity contribution >= 4 is 23.2 Å². The number of rotatable bonds is 3. The van der Waals surface area contributed by atoms with Crippen LogP contribution in [0.2, 0.25) is 5.15 Å². The van der Waals surface area contributed by atoms with Crippen molar-refractivity contribution in [2.45, 2.75) is 27.2 Å². The van der Waals surface area contributed by atoms with E-state index < -0.39 is 0 Å². The van der Waals surface area contributed by atoms with Crippen LogP contribution in [-0.2, 0) is 4.79 Å². The van der Waals surface area contributed by atoms with E-state index in [1.54, 1.807) is 6.20 Å². The largest absolute Gasteiger partial charge is 0.323 e. The number of nitrogens with one attached hydrogen (secondary N) is 1. The zero-order valence-electron chi connectivity index (χ0n) is 9.17. The van der Waals surface area contributed by atoms with Gasteiger partial charge in [0.25, 0.3) is 0 Å². The minimum Gasteiger partial charge on any atom is -0.323 e. The third-order valence-electron chi connectivity index (χ3n) is 1.84. The van der Waals surface area contributed by atoms with Crippen LogP contribution in [0, 0.1) is 12.8 Å². The molecule has 1 aromatic rings. The average Bonchev–Trinajstić information content (AvgIpc) is 2.10. The predicted octanol–water partition coefficient (Wildman–Crippen LogP) is 3.03. The second-order valence-corrected chi connectivity index (χ2v) is 4.36. The van der Waals surface area contributed by atoms with Gasteiger partial charge in [-0.25, -0.2) is 4.98 Å². The molecule has 0 saturated heterocycles. The van der Waals surface area contributed by atoms with E-state index in [4.69, 9.17) is 11.6 Å². The van der Waals surface area contributed by atoms with Gasteiger partial charge >= 0.3 is 0 Å². The summed E-state index contributed by atoms with van der Waals surface area (Å²) in [5.74, 6) is 0.306. The standard InChI is InChI=1S/C11H15ClN2O/c1-7(2)4-10(15)14-9-5-8(3)6-13-11(9)12/h5-7H,4H2,1-3H3,(H,14,15). The third-order valence-corrected chi connectivity index (χ3v) is 2.14. The Labute approximate surface area is 94.9 Å². The van der Waals surface area contributed by atoms with Gasteiger partial charge in [0.05, 0.1) is 5.69 Å². The van der Waals surface area contributed by atoms with Crippen LogP contribution in [0.4, 0.5) is 5.69 Å². The van der Waals surface area contributed by atoms with Crippen LogP contribution < -0.4 is 5.32 Å². The first-order valence-electron chi connectivity index (χ1n) is 4.91. The molecule has 1 N–H and O–H groups in total. The first-order chi connectivity index (χ1) is 6.99. The fraction of sp³-hybridized carbons (Fsp3) is 0.455. The van der Waals surface area contributed by atoms with Crippen LogP contribution in [0.5, 0.6) is 0 Å². The molecular weight excluding hydrogens is 212 g/mol. The zero-order chi connectivity index (χ0) is 11.4. The van der Waals surface area contributed by atoms with Crippen LogP contribution in [0.25, 0.3) is 0 Å². The molecule has 0 atom stereocenters. The van der Waals surface area contributed by atoms with Gasteiger partial charge in [0, 0.05) is 12.6 Å². The fourth-order valence-electron chi connectivity index (χ4n) is 1.21. The number of carbonyl (C=O) groups is 1. The third kappa shape index (κ3) is 3.88. The SMILES string of the molecule is Cc1cnc(Cl)c(NC(=O)CC(C)C)c1. The van der Waals surface area contributed by atoms with Gasteiger partial charge in [-0.05, 0) is 24.5 Å². The summed E-state index contributed by atoms with van der Waals surface area (Å²) in [6.07, 6.45) is 2.16. The molecule has 0 aliphatic heterocycles. The Morgan fingerprint density at radius 1 is 1.60 bits per heavy atom. The zero-order valence-corrected chi connectivity index (χ0v) is 9.93. The lowest BCUT2D eigenvalue weighted by atomic mass is 10.1. The van der Waals surface area contributed by atoms with E-state index in [0.29, 0.717) is 23.2 Å². The molecule has 0 fully saturated rings. The van der Waals surface area contributed by atoms with Crippen LogP contribution in [-0.4, -0.2) is 10.9 Å². The number of nitrogens with zero attached hydrogens (tertiary/aromatic N) is 1. The molecule has 0 bridgehead atoms. The van der Waals surface area contributed by atoms with E-state index in [9.17, 15) is 4.79 Å². The highest BCUT2D eigenvalue weighted by molar-refractivity contribution is 6.32. The van der Waals surface area contributed by atoms with Gasteiger partial charge in [0.2, 0.25) is 5.91 Å². The number of anilines is 1. The number of pyridine rings is 1. The molecule has 0 saturated carbocycles. The first kappa shape index (κ1) is 12.0. The molecule has 0 aliphatic rings. The van der Waals surface area contributed by atoms with E-state index >= 15 is 0 Å². The molecule has 0 aliphatic carbocycles. The predicted molar refractivity (Wildman–Crippen MR) is 62.1 cm³/mol. The molecule has 1 amide bonds. The van der Waals surface area contributed by atoms with E-state index in [2.05, 4.69) is 10.3 Å². The van der Waals surface area contributed by atoms with E-state index in [1.165, 1.54) is 0 Å². The number of amides is 1. The smallest absolute Gasteiger partial charge is 0.224 e. The molecular formula is C11H15ClN2O. The Balaban J connectivity index is 2.71. The van der Waals surface area contributed by atoms with Crippen LogP contribution in [0.1, 0.15) is 25.8 Å². The number of aryl methyl sites for hydroxylation is 1. The van der Waals surface area contributed by atoms with Gasteiger partial charge in [-0.2, -0.15) is 0 Å². The molecule has 82 valence electrons. The van der Waals surface area contributed by atoms with Crippen molar-refractivity contribution in [3.05, 3.63) is 23.0 Å². The Kier molecular flexibility index (Phi) is 4.09. The fourth-order valence-corrected chi connectivity index (χ4v) is 1.36. The van der Waals surface area contributed by atoms with Crippen LogP contribution in [0.15, 0.2) is 12.3 Å². The van der Waals surface area contributed by atoms with Gasteiger partial charge in [0.1, 0.15) is 0 Å². The highest BCUT2D eigenvalue weighted by atomic mass is 35.5. The number of carbonyl (C=O) groups excluding carboxylic acids is 1.